The zero-order chi connectivity index (χ0) is 21.2. The van der Waals surface area contributed by atoms with Crippen LogP contribution in [0.3, 0.4) is 0 Å². The quantitative estimate of drug-likeness (QED) is 0.403. The van der Waals surface area contributed by atoms with Gasteiger partial charge in [-0.05, 0) is 49.1 Å². The van der Waals surface area contributed by atoms with Gasteiger partial charge in [0, 0.05) is 36.5 Å². The number of aromatic nitrogens is 3. The van der Waals surface area contributed by atoms with Gasteiger partial charge in [-0.3, -0.25) is 4.98 Å². The van der Waals surface area contributed by atoms with Crippen molar-refractivity contribution in [2.24, 2.45) is 5.92 Å². The second kappa shape index (κ2) is 8.69. The Bertz CT molecular complexity index is 1200. The van der Waals surface area contributed by atoms with Crippen LogP contribution in [0, 0.1) is 11.9 Å². The molecule has 1 saturated carbocycles. The van der Waals surface area contributed by atoms with Crippen LogP contribution in [-0.4, -0.2) is 26.2 Å². The molecule has 1 aliphatic carbocycles. The fraction of sp³-hybridized carbons (Fsp3) is 0.292. The minimum Gasteiger partial charge on any atom is -0.457 e. The Labute approximate surface area is 183 Å². The van der Waals surface area contributed by atoms with Crippen molar-refractivity contribution < 1.29 is 14.2 Å². The van der Waals surface area contributed by atoms with Crippen LogP contribution in [0.25, 0.3) is 21.5 Å². The predicted molar refractivity (Wildman–Crippen MR) is 119 cm³/mol. The maximum absolute atomic E-state index is 13.1. The van der Waals surface area contributed by atoms with Crippen molar-refractivity contribution in [1.29, 1.82) is 0 Å². The summed E-state index contributed by atoms with van der Waals surface area (Å²) >= 11 is 1.66. The van der Waals surface area contributed by atoms with Crippen molar-refractivity contribution in [2.75, 3.05) is 0 Å². The first-order chi connectivity index (χ1) is 15.1. The molecule has 7 heteroatoms. The molecule has 3 aromatic heterocycles. The first kappa shape index (κ1) is 20.0. The van der Waals surface area contributed by atoms with E-state index in [1.54, 1.807) is 29.7 Å². The Morgan fingerprint density at radius 1 is 1.03 bits per heavy atom. The van der Waals surface area contributed by atoms with E-state index in [-0.39, 0.29) is 6.10 Å². The highest BCUT2D eigenvalue weighted by Crippen LogP contribution is 2.33. The van der Waals surface area contributed by atoms with E-state index in [1.165, 1.54) is 18.7 Å². The third-order valence-corrected chi connectivity index (χ3v) is 6.74. The summed E-state index contributed by atoms with van der Waals surface area (Å²) in [6, 6.07) is 12.4. The normalized spacial score (nSPS) is 18.9. The van der Waals surface area contributed by atoms with Crippen LogP contribution >= 0.6 is 11.3 Å². The fourth-order valence-corrected chi connectivity index (χ4v) is 5.14. The number of benzene rings is 1. The molecule has 4 aromatic rings. The maximum atomic E-state index is 13.1. The molecule has 158 valence electrons. The molecule has 31 heavy (non-hydrogen) atoms. The highest BCUT2D eigenvalue weighted by molar-refractivity contribution is 7.18. The fourth-order valence-electron chi connectivity index (χ4n) is 4.05. The van der Waals surface area contributed by atoms with E-state index in [4.69, 9.17) is 9.72 Å². The zero-order valence-electron chi connectivity index (χ0n) is 16.9. The number of ether oxygens (including phenoxy) is 1. The van der Waals surface area contributed by atoms with E-state index in [2.05, 4.69) is 9.97 Å². The smallest absolute Gasteiger partial charge is 0.212 e. The second-order valence-electron chi connectivity index (χ2n) is 7.90. The lowest BCUT2D eigenvalue weighted by Crippen LogP contribution is -2.26. The Balaban J connectivity index is 1.34. The van der Waals surface area contributed by atoms with E-state index in [1.807, 2.05) is 24.3 Å². The lowest BCUT2D eigenvalue weighted by Gasteiger charge is -2.26. The molecule has 0 amide bonds. The van der Waals surface area contributed by atoms with Crippen molar-refractivity contribution >= 4 is 21.6 Å². The SMILES string of the molecule is O[C@@H]1CCCC[C@H]1Cc1nc2ccc(Oc3ccnc(-c4ccc(F)nc4)c3)cc2s1. The third kappa shape index (κ3) is 4.57. The molecule has 1 N–H and O–H groups in total. The number of pyridine rings is 2. The van der Waals surface area contributed by atoms with Crippen LogP contribution in [0.1, 0.15) is 30.7 Å². The van der Waals surface area contributed by atoms with Crippen molar-refractivity contribution in [3.05, 3.63) is 65.8 Å². The summed E-state index contributed by atoms with van der Waals surface area (Å²) in [5.41, 5.74) is 2.34. The number of hydrogen-bond donors (Lipinski definition) is 1. The number of aliphatic hydroxyl groups excluding tert-OH is 1. The molecule has 0 aliphatic heterocycles. The predicted octanol–water partition coefficient (Wildman–Crippen LogP) is 5.78. The van der Waals surface area contributed by atoms with E-state index >= 15 is 0 Å². The molecule has 3 heterocycles. The van der Waals surface area contributed by atoms with Crippen molar-refractivity contribution in [1.82, 2.24) is 15.0 Å². The van der Waals surface area contributed by atoms with Gasteiger partial charge in [-0.1, -0.05) is 12.8 Å². The van der Waals surface area contributed by atoms with Crippen LogP contribution < -0.4 is 4.74 Å². The number of hydrogen-bond acceptors (Lipinski definition) is 6. The van der Waals surface area contributed by atoms with Crippen LogP contribution in [0.5, 0.6) is 11.5 Å². The molecule has 0 saturated heterocycles. The summed E-state index contributed by atoms with van der Waals surface area (Å²) < 4.78 is 20.2. The lowest BCUT2D eigenvalue weighted by atomic mass is 9.84. The molecule has 0 spiro atoms. The first-order valence-corrected chi connectivity index (χ1v) is 11.3. The Morgan fingerprint density at radius 2 is 1.90 bits per heavy atom. The topological polar surface area (TPSA) is 68.1 Å². The third-order valence-electron chi connectivity index (χ3n) is 5.70. The molecule has 0 radical (unpaired) electrons. The molecule has 5 nitrogen and oxygen atoms in total. The number of fused-ring (bicyclic) bond motifs is 1. The second-order valence-corrected chi connectivity index (χ2v) is 9.02. The molecular weight excluding hydrogens is 413 g/mol. The number of aliphatic hydroxyl groups is 1. The van der Waals surface area contributed by atoms with E-state index in [9.17, 15) is 9.50 Å². The zero-order valence-corrected chi connectivity index (χ0v) is 17.7. The average molecular weight is 436 g/mol. The van der Waals surface area contributed by atoms with Gasteiger partial charge in [0.05, 0.1) is 27.0 Å². The van der Waals surface area contributed by atoms with E-state index in [0.29, 0.717) is 17.4 Å². The van der Waals surface area contributed by atoms with Gasteiger partial charge in [-0.15, -0.1) is 11.3 Å². The van der Waals surface area contributed by atoms with Gasteiger partial charge in [0.25, 0.3) is 0 Å². The van der Waals surface area contributed by atoms with Crippen LogP contribution in [-0.2, 0) is 6.42 Å². The number of rotatable bonds is 5. The molecule has 2 atom stereocenters. The molecule has 0 unspecified atom stereocenters. The summed E-state index contributed by atoms with van der Waals surface area (Å²) in [4.78, 5) is 12.8. The summed E-state index contributed by atoms with van der Waals surface area (Å²) in [7, 11) is 0. The molecule has 0 bridgehead atoms. The van der Waals surface area contributed by atoms with Crippen molar-refractivity contribution in [2.45, 2.75) is 38.2 Å². The molecule has 1 aromatic carbocycles. The Hall–Kier alpha value is -2.90. The summed E-state index contributed by atoms with van der Waals surface area (Å²) in [6.45, 7) is 0. The highest BCUT2D eigenvalue weighted by Gasteiger charge is 2.24. The minimum absolute atomic E-state index is 0.211. The molecular formula is C24H22FN3O2S. The van der Waals surface area contributed by atoms with Crippen molar-refractivity contribution in [3.8, 4) is 22.8 Å². The van der Waals surface area contributed by atoms with Gasteiger partial charge in [0.1, 0.15) is 11.5 Å². The molecule has 5 rings (SSSR count). The van der Waals surface area contributed by atoms with E-state index in [0.717, 1.165) is 52.2 Å². The van der Waals surface area contributed by atoms with Gasteiger partial charge in [0.2, 0.25) is 5.95 Å². The summed E-state index contributed by atoms with van der Waals surface area (Å²) in [5, 5.41) is 11.3. The van der Waals surface area contributed by atoms with Crippen LogP contribution in [0.4, 0.5) is 4.39 Å². The standard InChI is InChI=1S/C24H22FN3O2S/c25-23-8-5-16(14-27-23)20-12-18(9-10-26-20)30-17-6-7-19-22(13-17)31-24(28-19)11-15-3-1-2-4-21(15)29/h5-10,12-15,21,29H,1-4,11H2/t15-,21+/m0/s1. The van der Waals surface area contributed by atoms with Gasteiger partial charge in [0.15, 0.2) is 0 Å². The van der Waals surface area contributed by atoms with Crippen LogP contribution in [0.15, 0.2) is 54.9 Å². The monoisotopic (exact) mass is 435 g/mol. The summed E-state index contributed by atoms with van der Waals surface area (Å²) in [5.74, 6) is 1.14. The molecule has 1 fully saturated rings. The summed E-state index contributed by atoms with van der Waals surface area (Å²) in [6.07, 6.45) is 8.00. The number of thiazole rings is 1. The van der Waals surface area contributed by atoms with Crippen LogP contribution in [0.2, 0.25) is 0 Å². The van der Waals surface area contributed by atoms with Gasteiger partial charge in [-0.2, -0.15) is 4.39 Å². The van der Waals surface area contributed by atoms with E-state index < -0.39 is 5.95 Å². The lowest BCUT2D eigenvalue weighted by molar-refractivity contribution is 0.0700. The number of halogens is 1. The number of nitrogens with zero attached hydrogens (tertiary/aromatic N) is 3. The largest absolute Gasteiger partial charge is 0.457 e. The first-order valence-electron chi connectivity index (χ1n) is 10.5. The molecule has 1 aliphatic rings. The Morgan fingerprint density at radius 3 is 2.74 bits per heavy atom. The van der Waals surface area contributed by atoms with Gasteiger partial charge in [-0.25, -0.2) is 9.97 Å². The van der Waals surface area contributed by atoms with Crippen molar-refractivity contribution in [3.63, 3.8) is 0 Å². The van der Waals surface area contributed by atoms with Gasteiger partial charge < -0.3 is 9.84 Å². The highest BCUT2D eigenvalue weighted by atomic mass is 32.1. The minimum atomic E-state index is -0.522. The maximum Gasteiger partial charge on any atom is 0.212 e. The Kier molecular flexibility index (Phi) is 5.61. The van der Waals surface area contributed by atoms with Gasteiger partial charge >= 0.3 is 0 Å². The average Bonchev–Trinajstić information content (AvgIpc) is 3.18.